The third-order valence-corrected chi connectivity index (χ3v) is 4.13. The van der Waals surface area contributed by atoms with Gasteiger partial charge >= 0.3 is 5.97 Å². The maximum atomic E-state index is 12.9. The maximum Gasteiger partial charge on any atom is 0.309 e. The van der Waals surface area contributed by atoms with Crippen molar-refractivity contribution in [3.63, 3.8) is 0 Å². The lowest BCUT2D eigenvalue weighted by molar-refractivity contribution is -0.149. The quantitative estimate of drug-likeness (QED) is 0.878. The van der Waals surface area contributed by atoms with Crippen molar-refractivity contribution in [2.45, 2.75) is 44.9 Å². The molecule has 0 heterocycles. The molecule has 0 bridgehead atoms. The number of hydrogen-bond acceptors (Lipinski definition) is 1. The van der Waals surface area contributed by atoms with Crippen molar-refractivity contribution in [2.75, 3.05) is 0 Å². The van der Waals surface area contributed by atoms with Crippen LogP contribution in [0.25, 0.3) is 0 Å². The first-order chi connectivity index (χ1) is 8.57. The first-order valence-electron chi connectivity index (χ1n) is 6.56. The van der Waals surface area contributed by atoms with Crippen LogP contribution < -0.4 is 0 Å². The molecular formula is C15H19FO2. The third kappa shape index (κ3) is 2.40. The largest absolute Gasteiger partial charge is 0.481 e. The molecule has 2 nitrogen and oxygen atoms in total. The van der Waals surface area contributed by atoms with Crippen LogP contribution in [0, 0.1) is 11.2 Å². The van der Waals surface area contributed by atoms with E-state index in [1.165, 1.54) is 12.1 Å². The Morgan fingerprint density at radius 1 is 1.44 bits per heavy atom. The fraction of sp³-hybridized carbons (Fsp3) is 0.533. The summed E-state index contributed by atoms with van der Waals surface area (Å²) >= 11 is 0. The molecule has 18 heavy (non-hydrogen) atoms. The van der Waals surface area contributed by atoms with Crippen LogP contribution in [0.2, 0.25) is 0 Å². The van der Waals surface area contributed by atoms with E-state index in [-0.39, 0.29) is 11.7 Å². The van der Waals surface area contributed by atoms with E-state index in [9.17, 15) is 14.3 Å². The monoisotopic (exact) mass is 250 g/mol. The van der Waals surface area contributed by atoms with Gasteiger partial charge in [-0.25, -0.2) is 4.39 Å². The van der Waals surface area contributed by atoms with Gasteiger partial charge in [0.25, 0.3) is 0 Å². The topological polar surface area (TPSA) is 37.3 Å². The summed E-state index contributed by atoms with van der Waals surface area (Å²) in [5.74, 6) is -0.656. The minimum atomic E-state index is -0.672. The van der Waals surface area contributed by atoms with Crippen molar-refractivity contribution in [3.05, 3.63) is 35.6 Å². The zero-order valence-corrected chi connectivity index (χ0v) is 10.7. The Labute approximate surface area is 107 Å². The van der Waals surface area contributed by atoms with Crippen LogP contribution >= 0.6 is 0 Å². The Balaban J connectivity index is 2.15. The molecule has 1 aliphatic rings. The van der Waals surface area contributed by atoms with Crippen LogP contribution in [0.1, 0.15) is 50.5 Å². The molecular weight excluding hydrogens is 231 g/mol. The number of hydrogen-bond donors (Lipinski definition) is 1. The molecule has 1 N–H and O–H groups in total. The smallest absolute Gasteiger partial charge is 0.309 e. The van der Waals surface area contributed by atoms with E-state index in [0.29, 0.717) is 6.42 Å². The van der Waals surface area contributed by atoms with Crippen LogP contribution in [0.5, 0.6) is 0 Å². The van der Waals surface area contributed by atoms with E-state index >= 15 is 0 Å². The molecule has 1 aliphatic carbocycles. The lowest BCUT2D eigenvalue weighted by Gasteiger charge is -2.23. The third-order valence-electron chi connectivity index (χ3n) is 4.13. The Hall–Kier alpha value is -1.38. The fourth-order valence-electron chi connectivity index (χ4n) is 3.15. The van der Waals surface area contributed by atoms with Gasteiger partial charge in [0.15, 0.2) is 0 Å². The van der Waals surface area contributed by atoms with Crippen molar-refractivity contribution in [1.82, 2.24) is 0 Å². The molecule has 0 amide bonds. The summed E-state index contributed by atoms with van der Waals surface area (Å²) in [6.07, 6.45) is 3.93. The summed E-state index contributed by atoms with van der Waals surface area (Å²) in [6.45, 7) is 2.02. The van der Waals surface area contributed by atoms with E-state index < -0.39 is 11.4 Å². The first-order valence-corrected chi connectivity index (χ1v) is 6.56. The lowest BCUT2D eigenvalue weighted by atomic mass is 9.80. The maximum absolute atomic E-state index is 12.9. The molecule has 0 radical (unpaired) electrons. The summed E-state index contributed by atoms with van der Waals surface area (Å²) in [7, 11) is 0. The molecule has 98 valence electrons. The number of aliphatic carboxylic acids is 1. The minimum Gasteiger partial charge on any atom is -0.481 e. The second-order valence-corrected chi connectivity index (χ2v) is 5.33. The van der Waals surface area contributed by atoms with Crippen molar-refractivity contribution in [2.24, 2.45) is 5.41 Å². The number of carboxylic acids is 1. The summed E-state index contributed by atoms with van der Waals surface area (Å²) in [5, 5.41) is 9.44. The van der Waals surface area contributed by atoms with Crippen LogP contribution in [0.15, 0.2) is 24.3 Å². The SMILES string of the molecule is CCCC1(C(=O)O)CCC(c2ccc(F)cc2)C1. The highest BCUT2D eigenvalue weighted by Crippen LogP contribution is 2.49. The predicted octanol–water partition coefficient (Wildman–Crippen LogP) is 3.96. The molecule has 3 heteroatoms. The highest BCUT2D eigenvalue weighted by Gasteiger charge is 2.44. The molecule has 2 atom stereocenters. The van der Waals surface area contributed by atoms with E-state index in [1.807, 2.05) is 6.92 Å². The van der Waals surface area contributed by atoms with Gasteiger partial charge in [0.05, 0.1) is 5.41 Å². The number of benzene rings is 1. The Kier molecular flexibility index (Phi) is 3.69. The molecule has 0 aromatic heterocycles. The number of rotatable bonds is 4. The van der Waals surface area contributed by atoms with Gasteiger partial charge < -0.3 is 5.11 Å². The second kappa shape index (κ2) is 5.09. The Morgan fingerprint density at radius 3 is 2.67 bits per heavy atom. The summed E-state index contributed by atoms with van der Waals surface area (Å²) in [5.41, 5.74) is 0.504. The van der Waals surface area contributed by atoms with Crippen molar-refractivity contribution >= 4 is 5.97 Å². The predicted molar refractivity (Wildman–Crippen MR) is 68.0 cm³/mol. The van der Waals surface area contributed by atoms with Crippen molar-refractivity contribution in [1.29, 1.82) is 0 Å². The lowest BCUT2D eigenvalue weighted by Crippen LogP contribution is -2.27. The summed E-state index contributed by atoms with van der Waals surface area (Å²) in [4.78, 5) is 11.5. The van der Waals surface area contributed by atoms with Gasteiger partial charge in [0, 0.05) is 0 Å². The zero-order chi connectivity index (χ0) is 13.2. The van der Waals surface area contributed by atoms with Gasteiger partial charge in [-0.2, -0.15) is 0 Å². The van der Waals surface area contributed by atoms with E-state index in [0.717, 1.165) is 31.2 Å². The molecule has 2 unspecified atom stereocenters. The van der Waals surface area contributed by atoms with Gasteiger partial charge in [-0.15, -0.1) is 0 Å². The standard InChI is InChI=1S/C15H19FO2/c1-2-8-15(14(17)18)9-7-12(10-15)11-3-5-13(16)6-4-11/h3-6,12H,2,7-10H2,1H3,(H,17,18). The molecule has 2 rings (SSSR count). The first kappa shape index (κ1) is 13.1. The Bertz CT molecular complexity index is 427. The molecule has 0 aliphatic heterocycles. The van der Waals surface area contributed by atoms with E-state index in [2.05, 4.69) is 0 Å². The van der Waals surface area contributed by atoms with Gasteiger partial charge in [0.1, 0.15) is 5.82 Å². The molecule has 1 saturated carbocycles. The van der Waals surface area contributed by atoms with Crippen LogP contribution in [0.3, 0.4) is 0 Å². The summed E-state index contributed by atoms with van der Waals surface area (Å²) in [6, 6.07) is 6.47. The highest BCUT2D eigenvalue weighted by molar-refractivity contribution is 5.75. The van der Waals surface area contributed by atoms with Crippen LogP contribution in [-0.4, -0.2) is 11.1 Å². The average Bonchev–Trinajstić information content (AvgIpc) is 2.76. The fourth-order valence-corrected chi connectivity index (χ4v) is 3.15. The molecule has 1 aromatic carbocycles. The minimum absolute atomic E-state index is 0.241. The number of halogens is 1. The molecule has 1 fully saturated rings. The van der Waals surface area contributed by atoms with E-state index in [1.54, 1.807) is 12.1 Å². The highest BCUT2D eigenvalue weighted by atomic mass is 19.1. The average molecular weight is 250 g/mol. The number of carboxylic acid groups (broad SMARTS) is 1. The zero-order valence-electron chi connectivity index (χ0n) is 10.7. The normalized spacial score (nSPS) is 27.3. The van der Waals surface area contributed by atoms with Crippen LogP contribution in [0.4, 0.5) is 4.39 Å². The van der Waals surface area contributed by atoms with Crippen LogP contribution in [-0.2, 0) is 4.79 Å². The second-order valence-electron chi connectivity index (χ2n) is 5.33. The van der Waals surface area contributed by atoms with Gasteiger partial charge in [-0.05, 0) is 49.3 Å². The Morgan fingerprint density at radius 2 is 2.11 bits per heavy atom. The van der Waals surface area contributed by atoms with Gasteiger partial charge in [0.2, 0.25) is 0 Å². The number of carbonyl (C=O) groups is 1. The van der Waals surface area contributed by atoms with E-state index in [4.69, 9.17) is 0 Å². The van der Waals surface area contributed by atoms with Gasteiger partial charge in [-0.3, -0.25) is 4.79 Å². The summed E-state index contributed by atoms with van der Waals surface area (Å²) < 4.78 is 12.9. The van der Waals surface area contributed by atoms with Gasteiger partial charge in [-0.1, -0.05) is 25.5 Å². The van der Waals surface area contributed by atoms with Crippen molar-refractivity contribution < 1.29 is 14.3 Å². The van der Waals surface area contributed by atoms with Crippen molar-refractivity contribution in [3.8, 4) is 0 Å². The molecule has 0 spiro atoms. The molecule has 0 saturated heterocycles. The molecule has 1 aromatic rings.